The molecule has 2 aromatic rings. The minimum Gasteiger partial charge on any atom is -0.388 e. The largest absolute Gasteiger partial charge is 0.388 e. The number of nitriles is 2. The van der Waals surface area contributed by atoms with Gasteiger partial charge in [0.25, 0.3) is 12.5 Å². The van der Waals surface area contributed by atoms with E-state index < -0.39 is 0 Å². The fourth-order valence-corrected chi connectivity index (χ4v) is 9.13. The maximum Gasteiger partial charge on any atom is 0.292 e. The lowest BCUT2D eigenvalue weighted by atomic mass is 9.32. The predicted molar refractivity (Wildman–Crippen MR) is 131 cm³/mol. The first-order valence-electron chi connectivity index (χ1n) is 12.8. The fraction of sp³-hybridized carbons (Fsp3) is 0.533. The summed E-state index contributed by atoms with van der Waals surface area (Å²) in [6.07, 6.45) is 16.2. The molecule has 4 nitrogen and oxygen atoms in total. The number of rotatable bonds is 8. The molecule has 6 rings (SSSR count). The lowest BCUT2D eigenvalue weighted by molar-refractivity contribution is -0.148. The van der Waals surface area contributed by atoms with Crippen molar-refractivity contribution in [3.63, 3.8) is 0 Å². The first-order chi connectivity index (χ1) is 16.4. The quantitative estimate of drug-likeness (QED) is 0.387. The van der Waals surface area contributed by atoms with E-state index in [-0.39, 0.29) is 10.8 Å². The summed E-state index contributed by atoms with van der Waals surface area (Å²) in [5.74, 6) is 1.23. The summed E-state index contributed by atoms with van der Waals surface area (Å²) in [5.41, 5.74) is 3.83. The molecule has 4 aliphatic carbocycles. The molecule has 176 valence electrons. The third kappa shape index (κ3) is 3.65. The average molecular weight is 455 g/mol. The van der Waals surface area contributed by atoms with Crippen LogP contribution >= 0.6 is 0 Å². The minimum absolute atomic E-state index is 0.145. The molecule has 0 atom stereocenters. The van der Waals surface area contributed by atoms with Gasteiger partial charge in [-0.1, -0.05) is 51.0 Å². The van der Waals surface area contributed by atoms with Gasteiger partial charge in [-0.3, -0.25) is 0 Å². The van der Waals surface area contributed by atoms with Crippen LogP contribution in [0.1, 0.15) is 89.2 Å². The van der Waals surface area contributed by atoms with Gasteiger partial charge in [0.1, 0.15) is 11.5 Å². The number of ether oxygens (including phenoxy) is 2. The molecule has 4 aliphatic rings. The molecule has 34 heavy (non-hydrogen) atoms. The summed E-state index contributed by atoms with van der Waals surface area (Å²) < 4.78 is 10.2. The summed E-state index contributed by atoms with van der Waals surface area (Å²) in [6, 6.07) is 16.8. The monoisotopic (exact) mass is 454 g/mol. The summed E-state index contributed by atoms with van der Waals surface area (Å²) in [7, 11) is 0. The average Bonchev–Trinajstić information content (AvgIpc) is 2.79. The number of benzene rings is 2. The van der Waals surface area contributed by atoms with Gasteiger partial charge in [-0.05, 0) is 108 Å². The highest BCUT2D eigenvalue weighted by Crippen LogP contribution is 2.76. The predicted octanol–water partition coefficient (Wildman–Crippen LogP) is 7.54. The Morgan fingerprint density at radius 1 is 0.618 bits per heavy atom. The van der Waals surface area contributed by atoms with Gasteiger partial charge in [0.2, 0.25) is 0 Å². The lowest BCUT2D eigenvalue weighted by Crippen LogP contribution is -2.64. The van der Waals surface area contributed by atoms with Crippen LogP contribution in [0.15, 0.2) is 48.5 Å². The Hall–Kier alpha value is -2.98. The number of hydrogen-bond acceptors (Lipinski definition) is 4. The van der Waals surface area contributed by atoms with Crippen molar-refractivity contribution in [1.29, 1.82) is 10.5 Å². The second kappa shape index (κ2) is 8.35. The molecule has 4 heteroatoms. The minimum atomic E-state index is 0.145. The Morgan fingerprint density at radius 2 is 1.00 bits per heavy atom. The van der Waals surface area contributed by atoms with E-state index in [0.29, 0.717) is 22.3 Å². The molecule has 4 bridgehead atoms. The SMILES string of the molecule is CCCC12CC3(CCC)CC(c4ccc(OC#N)cc4)(C1)CC(c1ccc(OC#N)cc1)(C2)C3. The lowest BCUT2D eigenvalue weighted by Gasteiger charge is -2.71. The zero-order valence-corrected chi connectivity index (χ0v) is 20.4. The van der Waals surface area contributed by atoms with Crippen molar-refractivity contribution in [2.75, 3.05) is 0 Å². The summed E-state index contributed by atoms with van der Waals surface area (Å²) in [6.45, 7) is 4.68. The van der Waals surface area contributed by atoms with Crippen molar-refractivity contribution in [1.82, 2.24) is 0 Å². The van der Waals surface area contributed by atoms with Crippen LogP contribution in [0.2, 0.25) is 0 Å². The van der Waals surface area contributed by atoms with Gasteiger partial charge in [0.15, 0.2) is 0 Å². The van der Waals surface area contributed by atoms with E-state index >= 15 is 0 Å². The highest BCUT2D eigenvalue weighted by Gasteiger charge is 2.67. The molecule has 0 heterocycles. The first kappa shape index (κ1) is 22.8. The molecule has 0 radical (unpaired) electrons. The van der Waals surface area contributed by atoms with Crippen LogP contribution in [0.25, 0.3) is 0 Å². The maximum atomic E-state index is 8.92. The number of nitrogens with zero attached hydrogens (tertiary/aromatic N) is 2. The molecule has 0 unspecified atom stereocenters. The zero-order chi connectivity index (χ0) is 23.9. The summed E-state index contributed by atoms with van der Waals surface area (Å²) in [4.78, 5) is 0. The van der Waals surface area contributed by atoms with Crippen molar-refractivity contribution in [3.05, 3.63) is 59.7 Å². The molecule has 0 spiro atoms. The second-order valence-electron chi connectivity index (χ2n) is 11.6. The fourth-order valence-electron chi connectivity index (χ4n) is 9.13. The molecule has 0 aromatic heterocycles. The third-order valence-corrected chi connectivity index (χ3v) is 9.10. The Morgan fingerprint density at radius 3 is 1.32 bits per heavy atom. The van der Waals surface area contributed by atoms with Gasteiger partial charge in [-0.15, -0.1) is 10.5 Å². The van der Waals surface area contributed by atoms with Crippen LogP contribution in [0.5, 0.6) is 11.5 Å². The highest BCUT2D eigenvalue weighted by molar-refractivity contribution is 5.43. The number of hydrogen-bond donors (Lipinski definition) is 0. The van der Waals surface area contributed by atoms with Crippen molar-refractivity contribution < 1.29 is 9.47 Å². The summed E-state index contributed by atoms with van der Waals surface area (Å²) in [5, 5.41) is 17.8. The van der Waals surface area contributed by atoms with Gasteiger partial charge >= 0.3 is 0 Å². The Bertz CT molecular complexity index is 1020. The zero-order valence-electron chi connectivity index (χ0n) is 20.4. The van der Waals surface area contributed by atoms with E-state index in [2.05, 4.69) is 38.1 Å². The normalized spacial score (nSPS) is 33.2. The molecule has 0 amide bonds. The molecule has 0 aliphatic heterocycles. The van der Waals surface area contributed by atoms with Gasteiger partial charge in [-0.25, -0.2) is 0 Å². The summed E-state index contributed by atoms with van der Waals surface area (Å²) >= 11 is 0. The Labute approximate surface area is 203 Å². The van der Waals surface area contributed by atoms with Crippen LogP contribution in [0.3, 0.4) is 0 Å². The van der Waals surface area contributed by atoms with E-state index in [0.717, 1.165) is 6.42 Å². The molecule has 0 N–H and O–H groups in total. The van der Waals surface area contributed by atoms with Crippen molar-refractivity contribution >= 4 is 0 Å². The molecule has 0 saturated heterocycles. The van der Waals surface area contributed by atoms with Gasteiger partial charge in [0, 0.05) is 0 Å². The van der Waals surface area contributed by atoms with E-state index in [9.17, 15) is 0 Å². The van der Waals surface area contributed by atoms with Crippen LogP contribution in [-0.2, 0) is 10.8 Å². The van der Waals surface area contributed by atoms with Crippen LogP contribution in [-0.4, -0.2) is 0 Å². The van der Waals surface area contributed by atoms with Gasteiger partial charge in [-0.2, -0.15) is 0 Å². The Balaban J connectivity index is 1.63. The molecule has 2 aromatic carbocycles. The smallest absolute Gasteiger partial charge is 0.292 e. The standard InChI is InChI=1S/C30H34N2O2/c1-3-13-27-15-28(14-4-2)18-29(16-27,23-5-9-25(10-6-23)33-21-31)20-30(17-27,19-28)24-7-11-26(12-8-24)34-22-32/h5-12H,3-4,13-20H2,1-2H3. The molecule has 4 fully saturated rings. The van der Waals surface area contributed by atoms with Crippen molar-refractivity contribution in [2.24, 2.45) is 10.8 Å². The second-order valence-corrected chi connectivity index (χ2v) is 11.6. The molecular formula is C30H34N2O2. The van der Waals surface area contributed by atoms with Crippen LogP contribution in [0, 0.1) is 33.9 Å². The van der Waals surface area contributed by atoms with E-state index in [1.165, 1.54) is 68.9 Å². The topological polar surface area (TPSA) is 66.0 Å². The molecule has 4 saturated carbocycles. The van der Waals surface area contributed by atoms with Crippen molar-refractivity contribution in [2.45, 2.75) is 88.9 Å². The van der Waals surface area contributed by atoms with Gasteiger partial charge < -0.3 is 9.47 Å². The maximum absolute atomic E-state index is 8.92. The first-order valence-corrected chi connectivity index (χ1v) is 12.8. The van der Waals surface area contributed by atoms with E-state index in [4.69, 9.17) is 20.0 Å². The molecular weight excluding hydrogens is 420 g/mol. The highest BCUT2D eigenvalue weighted by atomic mass is 16.5. The van der Waals surface area contributed by atoms with E-state index in [1.807, 2.05) is 24.3 Å². The van der Waals surface area contributed by atoms with Crippen LogP contribution in [0.4, 0.5) is 0 Å². The van der Waals surface area contributed by atoms with E-state index in [1.54, 1.807) is 12.5 Å². The third-order valence-electron chi connectivity index (χ3n) is 9.10. The van der Waals surface area contributed by atoms with Crippen LogP contribution < -0.4 is 9.47 Å². The van der Waals surface area contributed by atoms with Crippen molar-refractivity contribution in [3.8, 4) is 24.0 Å². The van der Waals surface area contributed by atoms with Gasteiger partial charge in [0.05, 0.1) is 0 Å². The Kier molecular flexibility index (Phi) is 5.60.